The second-order valence-corrected chi connectivity index (χ2v) is 24.4. The van der Waals surface area contributed by atoms with Gasteiger partial charge in [-0.25, -0.2) is 31.7 Å². The largest absolute Gasteiger partial charge is 0.455 e. The van der Waals surface area contributed by atoms with Crippen LogP contribution >= 0.6 is 0 Å². The van der Waals surface area contributed by atoms with E-state index < -0.39 is 25.7 Å². The van der Waals surface area contributed by atoms with E-state index in [0.29, 0.717) is 46.9 Å². The summed E-state index contributed by atoms with van der Waals surface area (Å²) >= 11 is 0. The van der Waals surface area contributed by atoms with Crippen molar-refractivity contribution >= 4 is 53.9 Å². The van der Waals surface area contributed by atoms with Crippen LogP contribution in [0.2, 0.25) is 0 Å². The van der Waals surface area contributed by atoms with E-state index in [0.717, 1.165) is 80.9 Å². The van der Waals surface area contributed by atoms with Crippen molar-refractivity contribution < 1.29 is 22.2 Å². The highest BCUT2D eigenvalue weighted by Gasteiger charge is 2.50. The lowest BCUT2D eigenvalue weighted by molar-refractivity contribution is -0.0227. The quantitative estimate of drug-likeness (QED) is 0.0798. The molecule has 3 aliphatic carbocycles. The molecule has 0 bridgehead atoms. The van der Waals surface area contributed by atoms with Crippen LogP contribution in [0.5, 0.6) is 11.5 Å². The summed E-state index contributed by atoms with van der Waals surface area (Å²) in [6, 6.07) is 20.5. The number of fused-ring (bicyclic) bond motifs is 1. The smallest absolute Gasteiger partial charge is 0.268 e. The summed E-state index contributed by atoms with van der Waals surface area (Å²) in [5, 5.41) is 7.07. The van der Waals surface area contributed by atoms with E-state index >= 15 is 0 Å². The van der Waals surface area contributed by atoms with Gasteiger partial charge in [0.1, 0.15) is 22.0 Å². The molecule has 68 heavy (non-hydrogen) atoms. The van der Waals surface area contributed by atoms with Gasteiger partial charge < -0.3 is 19.9 Å². The van der Waals surface area contributed by atoms with Crippen LogP contribution in [-0.2, 0) is 19.8 Å². The van der Waals surface area contributed by atoms with E-state index in [1.165, 1.54) is 45.1 Å². The second kappa shape index (κ2) is 19.2. The van der Waals surface area contributed by atoms with Crippen LogP contribution in [0.4, 0.5) is 17.2 Å². The normalized spacial score (nSPS) is 22.2. The number of sulfonamides is 1. The lowest BCUT2D eigenvalue weighted by Crippen LogP contribution is -2.54. The predicted octanol–water partition coefficient (Wildman–Crippen LogP) is 10.2. The number of H-pyrrole nitrogens is 1. The van der Waals surface area contributed by atoms with E-state index in [9.17, 15) is 22.3 Å². The third-order valence-corrected chi connectivity index (χ3v) is 19.4. The van der Waals surface area contributed by atoms with E-state index in [1.54, 1.807) is 29.6 Å². The molecule has 2 aromatic carbocycles. The molecule has 10 rings (SSSR count). The Morgan fingerprint density at radius 3 is 2.38 bits per heavy atom. The maximum atomic E-state index is 14.0. The van der Waals surface area contributed by atoms with E-state index in [-0.39, 0.29) is 39.7 Å². The number of nitrogens with one attached hydrogen (secondary N) is 3. The van der Waals surface area contributed by atoms with Gasteiger partial charge in [-0.1, -0.05) is 38.1 Å². The van der Waals surface area contributed by atoms with Crippen molar-refractivity contribution in [1.82, 2.24) is 24.6 Å². The molecule has 1 spiro atoms. The minimum absolute atomic E-state index is 0.0134. The summed E-state index contributed by atoms with van der Waals surface area (Å²) in [6.45, 7) is 7.23. The van der Waals surface area contributed by atoms with E-state index in [2.05, 4.69) is 68.6 Å². The molecule has 0 radical (unpaired) electrons. The van der Waals surface area contributed by atoms with Gasteiger partial charge >= 0.3 is 0 Å². The van der Waals surface area contributed by atoms with Gasteiger partial charge in [-0.3, -0.25) is 9.69 Å². The Kier molecular flexibility index (Phi) is 13.1. The first-order valence-corrected chi connectivity index (χ1v) is 28.0. The summed E-state index contributed by atoms with van der Waals surface area (Å²) in [5.41, 5.74) is 4.86. The number of hydrogen-bond donors (Lipinski definition) is 3. The van der Waals surface area contributed by atoms with Gasteiger partial charge in [-0.05, 0) is 147 Å². The molecule has 17 heteroatoms. The Hall–Kier alpha value is -5.39. The minimum Gasteiger partial charge on any atom is -0.455 e. The molecule has 5 heterocycles. The molecule has 0 unspecified atom stereocenters. The molecule has 360 valence electrons. The first-order valence-electron chi connectivity index (χ1n) is 24.6. The van der Waals surface area contributed by atoms with Crippen LogP contribution in [0.1, 0.15) is 124 Å². The maximum Gasteiger partial charge on any atom is 0.268 e. The summed E-state index contributed by atoms with van der Waals surface area (Å²) in [5.74, 6) is 1.94. The first-order chi connectivity index (χ1) is 32.9. The molecule has 1 amide bonds. The predicted molar refractivity (Wildman–Crippen MR) is 267 cm³/mol. The number of rotatable bonds is 16. The van der Waals surface area contributed by atoms with E-state index in [1.807, 2.05) is 38.1 Å². The van der Waals surface area contributed by atoms with Crippen LogP contribution < -0.4 is 19.7 Å². The Labute approximate surface area is 399 Å². The topological polar surface area (TPSA) is 191 Å². The molecule has 5 aliphatic rings. The number of carbonyl (C=O) groups excluding carboxylic acids is 1. The fraction of sp³-hybridized carbons (Fsp3) is 0.510. The van der Waals surface area contributed by atoms with Crippen molar-refractivity contribution in [3.8, 4) is 11.5 Å². The lowest BCUT2D eigenvalue weighted by Gasteiger charge is -2.56. The van der Waals surface area contributed by atoms with Crippen LogP contribution in [0.25, 0.3) is 11.0 Å². The number of piperidine rings is 1. The van der Waals surface area contributed by atoms with Crippen molar-refractivity contribution in [1.29, 1.82) is 0 Å². The summed E-state index contributed by atoms with van der Waals surface area (Å²) in [6.07, 6.45) is 17.6. The van der Waals surface area contributed by atoms with Crippen molar-refractivity contribution in [2.24, 2.45) is 20.9 Å². The zero-order chi connectivity index (χ0) is 47.0. The molecule has 15 nitrogen and oxygen atoms in total. The Morgan fingerprint density at radius 1 is 0.882 bits per heavy atom. The number of nitrogens with zero attached hydrogens (tertiary/aromatic N) is 6. The summed E-state index contributed by atoms with van der Waals surface area (Å²) in [7, 11) is -6.67. The minimum atomic E-state index is -4.51. The zero-order valence-electron chi connectivity index (χ0n) is 39.1. The molecular weight excluding hydrogens is 899 g/mol. The number of anilines is 2. The maximum absolute atomic E-state index is 14.0. The fourth-order valence-electron chi connectivity index (χ4n) is 11.4. The average molecular weight is 962 g/mol. The van der Waals surface area contributed by atoms with Gasteiger partial charge in [0, 0.05) is 82.5 Å². The Bertz CT molecular complexity index is 2900. The van der Waals surface area contributed by atoms with E-state index in [4.69, 9.17) is 4.74 Å². The third-order valence-electron chi connectivity index (χ3n) is 15.6. The Morgan fingerprint density at radius 2 is 1.65 bits per heavy atom. The number of pyridine rings is 2. The number of nitroso groups, excluding NO2 is 1. The Balaban J connectivity index is 0.803. The number of benzene rings is 2. The molecule has 1 atom stereocenters. The van der Waals surface area contributed by atoms with Crippen molar-refractivity contribution in [3.05, 3.63) is 101 Å². The molecule has 2 aliphatic heterocycles. The lowest BCUT2D eigenvalue weighted by atomic mass is 9.59. The van der Waals surface area contributed by atoms with Gasteiger partial charge in [0.05, 0.1) is 17.8 Å². The van der Waals surface area contributed by atoms with Crippen LogP contribution in [0, 0.1) is 16.2 Å². The highest BCUT2D eigenvalue weighted by atomic mass is 32.2. The van der Waals surface area contributed by atoms with Crippen molar-refractivity contribution in [2.45, 2.75) is 120 Å². The zero-order valence-corrected chi connectivity index (χ0v) is 40.7. The van der Waals surface area contributed by atoms with Gasteiger partial charge in [0.15, 0.2) is 11.5 Å². The van der Waals surface area contributed by atoms with Crippen LogP contribution in [0.3, 0.4) is 0 Å². The number of hydrogen-bond acceptors (Lipinski definition) is 13. The molecule has 5 aromatic rings. The average Bonchev–Trinajstić information content (AvgIpc) is 3.89. The molecule has 3 aromatic heterocycles. The van der Waals surface area contributed by atoms with Crippen LogP contribution in [-0.4, -0.2) is 88.2 Å². The number of carbonyl (C=O) groups is 1. The molecular formula is C51H63N9O6S2. The van der Waals surface area contributed by atoms with Crippen LogP contribution in [0.15, 0.2) is 93.7 Å². The standard InChI is InChI=1S/C51H63N9O6S2/c1-3-67(63,4-2)57-37-15-11-34(12-16-37)31-53-49-45(56-62)28-41(33-55-49)68(64,65)58-50(61)44-18-17-38(27-47(44)66-40-26-36-19-22-52-48(36)54-32-40)59-24-20-51(21-25-59)29-39(30-51)60-23-7-10-46(60)43-9-6-5-8-42(43)35-13-14-35/h5-6,8-9,17-19,22,26-28,32-35,37,39,46H,3-4,7,10-16,20-21,23-25,29-31H2,1-2H3,(H,52,54)(H,53,55)(H,58,61)/t34?,37?,46-/m1/s1. The number of aromatic amines is 1. The summed E-state index contributed by atoms with van der Waals surface area (Å²) in [4.78, 5) is 42.6. The number of aromatic nitrogens is 3. The number of ether oxygens (including phenoxy) is 1. The first kappa shape index (κ1) is 46.3. The van der Waals surface area contributed by atoms with Gasteiger partial charge in [-0.15, -0.1) is 4.91 Å². The monoisotopic (exact) mass is 961 g/mol. The third kappa shape index (κ3) is 9.75. The second-order valence-electron chi connectivity index (χ2n) is 19.8. The van der Waals surface area contributed by atoms with Crippen molar-refractivity contribution in [3.63, 3.8) is 0 Å². The molecule has 3 saturated carbocycles. The van der Waals surface area contributed by atoms with Gasteiger partial charge in [0.2, 0.25) is 0 Å². The highest BCUT2D eigenvalue weighted by molar-refractivity contribution is 7.93. The highest BCUT2D eigenvalue weighted by Crippen LogP contribution is 2.55. The number of likely N-dealkylation sites (tertiary alicyclic amines) is 1. The van der Waals surface area contributed by atoms with Gasteiger partial charge in [-0.2, -0.15) is 0 Å². The number of amides is 1. The van der Waals surface area contributed by atoms with Crippen molar-refractivity contribution in [2.75, 3.05) is 47.9 Å². The van der Waals surface area contributed by atoms with Gasteiger partial charge in [0.25, 0.3) is 15.9 Å². The fourth-order valence-corrected chi connectivity index (χ4v) is 13.8. The SMILES string of the molecule is CCS(=O)(CC)=NC1CCC(CNc2ncc(S(=O)(=O)NC(=O)c3ccc(N4CCC5(CC4)CC(N4CCC[C@@H]4c4ccccc4C4CC4)C5)cc3Oc3cnc4[nH]ccc4c3)cc2N=O)CC1. The summed E-state index contributed by atoms with van der Waals surface area (Å²) < 4.78 is 53.7. The molecule has 5 fully saturated rings. The molecule has 2 saturated heterocycles. The molecule has 3 N–H and O–H groups in total.